The Bertz CT molecular complexity index is 1430. The van der Waals surface area contributed by atoms with E-state index in [1.807, 2.05) is 36.6 Å². The molecule has 4 heterocycles. The van der Waals surface area contributed by atoms with Crippen LogP contribution in [0.2, 0.25) is 0 Å². The number of unbranched alkanes of at least 4 members (excludes halogenated alkanes) is 1. The van der Waals surface area contributed by atoms with Crippen LogP contribution in [-0.2, 0) is 0 Å². The lowest BCUT2D eigenvalue weighted by molar-refractivity contribution is 0.0950. The lowest BCUT2D eigenvalue weighted by Crippen LogP contribution is -2.14. The number of carbonyl (C=O) groups is 1. The fourth-order valence-corrected chi connectivity index (χ4v) is 3.76. The van der Waals surface area contributed by atoms with Crippen LogP contribution in [0.3, 0.4) is 0 Å². The van der Waals surface area contributed by atoms with Crippen molar-refractivity contribution in [1.29, 1.82) is 0 Å². The third-order valence-electron chi connectivity index (χ3n) is 5.39. The molecule has 0 bridgehead atoms. The number of nitrogens with one attached hydrogen (secondary N) is 1. The van der Waals surface area contributed by atoms with Gasteiger partial charge in [0.25, 0.3) is 5.91 Å². The van der Waals surface area contributed by atoms with E-state index < -0.39 is 0 Å². The Morgan fingerprint density at radius 1 is 1.10 bits per heavy atom. The molecule has 0 aliphatic rings. The molecule has 0 fully saturated rings. The molecular formula is C23H23N7O. The number of hydrogen-bond donors (Lipinski definition) is 1. The van der Waals surface area contributed by atoms with Crippen molar-refractivity contribution in [3.05, 3.63) is 59.5 Å². The smallest absolute Gasteiger partial charge is 0.280 e. The Hall–Kier alpha value is -3.81. The topological polar surface area (TPSA) is 90.0 Å². The molecule has 1 N–H and O–H groups in total. The molecule has 5 aromatic rings. The zero-order chi connectivity index (χ0) is 21.5. The summed E-state index contributed by atoms with van der Waals surface area (Å²) in [4.78, 5) is 22.4. The van der Waals surface area contributed by atoms with Crippen molar-refractivity contribution in [3.8, 4) is 0 Å². The summed E-state index contributed by atoms with van der Waals surface area (Å²) in [6.07, 6.45) is 5.57. The molecular weight excluding hydrogens is 390 g/mol. The third-order valence-corrected chi connectivity index (χ3v) is 5.39. The van der Waals surface area contributed by atoms with Crippen molar-refractivity contribution in [2.75, 3.05) is 11.9 Å². The van der Waals surface area contributed by atoms with E-state index in [1.165, 1.54) is 4.68 Å². The number of aromatic nitrogens is 6. The average Bonchev–Trinajstić information content (AvgIpc) is 3.36. The van der Waals surface area contributed by atoms with E-state index in [-0.39, 0.29) is 5.91 Å². The standard InChI is InChI=1S/C23H23N7O/c1-4-5-10-24-21-17-12-25-22-18(20(17)29-19(27-21)11-15(3)28-29)13-26-30(22)23(31)16-8-6-14(2)7-9-16/h6-9,11-13H,4-5,10H2,1-3H3,(H,24,27). The molecule has 5 rings (SSSR count). The number of anilines is 1. The number of carbonyl (C=O) groups excluding carboxylic acids is 1. The fraction of sp³-hybridized carbons (Fsp3) is 0.261. The molecule has 0 radical (unpaired) electrons. The van der Waals surface area contributed by atoms with Crippen molar-refractivity contribution in [1.82, 2.24) is 29.4 Å². The Kier molecular flexibility index (Phi) is 4.62. The molecule has 0 amide bonds. The van der Waals surface area contributed by atoms with Crippen molar-refractivity contribution < 1.29 is 4.79 Å². The zero-order valence-corrected chi connectivity index (χ0v) is 17.8. The second-order valence-electron chi connectivity index (χ2n) is 7.78. The summed E-state index contributed by atoms with van der Waals surface area (Å²) in [6, 6.07) is 9.38. The molecule has 0 atom stereocenters. The summed E-state index contributed by atoms with van der Waals surface area (Å²) < 4.78 is 3.16. The highest BCUT2D eigenvalue weighted by Crippen LogP contribution is 2.29. The minimum Gasteiger partial charge on any atom is -0.369 e. The van der Waals surface area contributed by atoms with E-state index in [4.69, 9.17) is 4.98 Å². The maximum absolute atomic E-state index is 13.1. The maximum Gasteiger partial charge on any atom is 0.280 e. The number of benzene rings is 1. The highest BCUT2D eigenvalue weighted by Gasteiger charge is 2.19. The van der Waals surface area contributed by atoms with Crippen LogP contribution in [-0.4, -0.2) is 41.8 Å². The van der Waals surface area contributed by atoms with Gasteiger partial charge in [0.1, 0.15) is 5.82 Å². The number of nitrogens with zero attached hydrogens (tertiary/aromatic N) is 6. The lowest BCUT2D eigenvalue weighted by atomic mass is 10.1. The van der Waals surface area contributed by atoms with Gasteiger partial charge in [-0.2, -0.15) is 14.9 Å². The van der Waals surface area contributed by atoms with E-state index in [0.29, 0.717) is 11.2 Å². The van der Waals surface area contributed by atoms with Gasteiger partial charge in [0, 0.05) is 24.4 Å². The van der Waals surface area contributed by atoms with Crippen LogP contribution in [0.15, 0.2) is 42.7 Å². The number of pyridine rings is 1. The van der Waals surface area contributed by atoms with E-state index in [2.05, 4.69) is 27.4 Å². The quantitative estimate of drug-likeness (QED) is 0.436. The van der Waals surface area contributed by atoms with Crippen LogP contribution in [0.5, 0.6) is 0 Å². The lowest BCUT2D eigenvalue weighted by Gasteiger charge is -2.10. The second-order valence-corrected chi connectivity index (χ2v) is 7.78. The first-order chi connectivity index (χ1) is 15.1. The van der Waals surface area contributed by atoms with Gasteiger partial charge in [-0.25, -0.2) is 14.5 Å². The first-order valence-corrected chi connectivity index (χ1v) is 10.4. The van der Waals surface area contributed by atoms with E-state index in [9.17, 15) is 4.79 Å². The maximum atomic E-state index is 13.1. The van der Waals surface area contributed by atoms with Crippen LogP contribution in [0, 0.1) is 13.8 Å². The molecule has 1 aromatic carbocycles. The van der Waals surface area contributed by atoms with Crippen LogP contribution in [0.25, 0.3) is 27.6 Å². The summed E-state index contributed by atoms with van der Waals surface area (Å²) in [5.74, 6) is 0.549. The molecule has 31 heavy (non-hydrogen) atoms. The summed E-state index contributed by atoms with van der Waals surface area (Å²) in [6.45, 7) is 6.91. The van der Waals surface area contributed by atoms with Gasteiger partial charge in [0.15, 0.2) is 11.3 Å². The molecule has 0 aliphatic heterocycles. The molecule has 156 valence electrons. The predicted octanol–water partition coefficient (Wildman–Crippen LogP) is 4.14. The van der Waals surface area contributed by atoms with Gasteiger partial charge in [0.2, 0.25) is 0 Å². The van der Waals surface area contributed by atoms with Crippen LogP contribution < -0.4 is 5.32 Å². The molecule has 0 saturated heterocycles. The minimum absolute atomic E-state index is 0.218. The van der Waals surface area contributed by atoms with E-state index >= 15 is 0 Å². The predicted molar refractivity (Wildman–Crippen MR) is 121 cm³/mol. The van der Waals surface area contributed by atoms with Crippen LogP contribution in [0.4, 0.5) is 5.82 Å². The number of rotatable bonds is 5. The van der Waals surface area contributed by atoms with E-state index in [0.717, 1.165) is 58.4 Å². The Balaban J connectivity index is 1.72. The second kappa shape index (κ2) is 7.46. The van der Waals surface area contributed by atoms with Gasteiger partial charge in [-0.3, -0.25) is 4.79 Å². The molecule has 8 heteroatoms. The average molecular weight is 413 g/mol. The number of hydrogen-bond acceptors (Lipinski definition) is 6. The van der Waals surface area contributed by atoms with Gasteiger partial charge >= 0.3 is 0 Å². The van der Waals surface area contributed by atoms with Crippen molar-refractivity contribution in [3.63, 3.8) is 0 Å². The van der Waals surface area contributed by atoms with Gasteiger partial charge in [-0.05, 0) is 32.4 Å². The summed E-state index contributed by atoms with van der Waals surface area (Å²) in [5.41, 5.74) is 4.61. The SMILES string of the molecule is CCCCNc1nc2cc(C)nn2c2c1cnc1c2cnn1C(=O)c1ccc(C)cc1. The highest BCUT2D eigenvalue weighted by atomic mass is 16.2. The Morgan fingerprint density at radius 3 is 2.68 bits per heavy atom. The third kappa shape index (κ3) is 3.20. The number of fused-ring (bicyclic) bond motifs is 5. The first-order valence-electron chi connectivity index (χ1n) is 10.4. The molecule has 0 unspecified atom stereocenters. The fourth-order valence-electron chi connectivity index (χ4n) is 3.76. The van der Waals surface area contributed by atoms with Gasteiger partial charge in [0.05, 0.1) is 28.2 Å². The summed E-state index contributed by atoms with van der Waals surface area (Å²) >= 11 is 0. The molecule has 8 nitrogen and oxygen atoms in total. The Labute approximate surface area is 178 Å². The number of aryl methyl sites for hydroxylation is 2. The highest BCUT2D eigenvalue weighted by molar-refractivity contribution is 6.09. The minimum atomic E-state index is -0.218. The van der Waals surface area contributed by atoms with Crippen molar-refractivity contribution in [2.45, 2.75) is 33.6 Å². The van der Waals surface area contributed by atoms with Crippen molar-refractivity contribution >= 4 is 39.3 Å². The normalized spacial score (nSPS) is 11.6. The van der Waals surface area contributed by atoms with Gasteiger partial charge in [-0.15, -0.1) is 0 Å². The molecule has 0 aliphatic carbocycles. The van der Waals surface area contributed by atoms with Crippen LogP contribution >= 0.6 is 0 Å². The molecule has 0 spiro atoms. The van der Waals surface area contributed by atoms with Crippen LogP contribution in [0.1, 0.15) is 41.4 Å². The van der Waals surface area contributed by atoms with Gasteiger partial charge < -0.3 is 5.32 Å². The molecule has 4 aromatic heterocycles. The largest absolute Gasteiger partial charge is 0.369 e. The van der Waals surface area contributed by atoms with E-state index in [1.54, 1.807) is 24.5 Å². The first kappa shape index (κ1) is 19.2. The monoisotopic (exact) mass is 413 g/mol. The zero-order valence-electron chi connectivity index (χ0n) is 17.8. The van der Waals surface area contributed by atoms with Crippen molar-refractivity contribution in [2.24, 2.45) is 0 Å². The summed E-state index contributed by atoms with van der Waals surface area (Å²) in [7, 11) is 0. The Morgan fingerprint density at radius 2 is 1.90 bits per heavy atom. The molecule has 0 saturated carbocycles. The van der Waals surface area contributed by atoms with Gasteiger partial charge in [-0.1, -0.05) is 31.0 Å². The summed E-state index contributed by atoms with van der Waals surface area (Å²) in [5, 5.41) is 14.0.